The van der Waals surface area contributed by atoms with Crippen molar-refractivity contribution < 1.29 is 8.78 Å². The molecule has 0 bridgehead atoms. The summed E-state index contributed by atoms with van der Waals surface area (Å²) in [4.78, 5) is 4.50. The second kappa shape index (κ2) is 6.33. The van der Waals surface area contributed by atoms with Crippen LogP contribution in [0, 0.1) is 18.6 Å². The monoisotopic (exact) mass is 313 g/mol. The Kier molecular flexibility index (Phi) is 4.26. The molecule has 0 amide bonds. The minimum absolute atomic E-state index is 0.333. The first-order valence-corrected chi connectivity index (χ1v) is 8.24. The van der Waals surface area contributed by atoms with Crippen molar-refractivity contribution in [1.29, 1.82) is 0 Å². The highest BCUT2D eigenvalue weighted by atomic mass is 31.1. The van der Waals surface area contributed by atoms with Crippen LogP contribution in [-0.4, -0.2) is 4.98 Å². The SMILES string of the molecule is Cc1cccc(P(c2ccccc2F)c2ccccc2F)n1. The highest BCUT2D eigenvalue weighted by Gasteiger charge is 2.23. The lowest BCUT2D eigenvalue weighted by Crippen LogP contribution is -2.26. The number of hydrogen-bond acceptors (Lipinski definition) is 1. The van der Waals surface area contributed by atoms with E-state index in [0.29, 0.717) is 16.0 Å². The molecule has 0 spiro atoms. The predicted octanol–water partition coefficient (Wildman–Crippen LogP) is 3.43. The highest BCUT2D eigenvalue weighted by Crippen LogP contribution is 2.33. The summed E-state index contributed by atoms with van der Waals surface area (Å²) in [6, 6.07) is 18.6. The average molecular weight is 313 g/mol. The Morgan fingerprint density at radius 2 is 1.27 bits per heavy atom. The first kappa shape index (κ1) is 14.8. The van der Waals surface area contributed by atoms with Crippen LogP contribution in [0.1, 0.15) is 5.69 Å². The minimum atomic E-state index is -1.36. The van der Waals surface area contributed by atoms with Crippen molar-refractivity contribution in [2.45, 2.75) is 6.92 Å². The zero-order valence-corrected chi connectivity index (χ0v) is 12.9. The fraction of sp³-hybridized carbons (Fsp3) is 0.0556. The largest absolute Gasteiger partial charge is 0.253 e. The van der Waals surface area contributed by atoms with Gasteiger partial charge in [0.25, 0.3) is 0 Å². The first-order chi connectivity index (χ1) is 10.7. The molecule has 0 aliphatic carbocycles. The molecule has 110 valence electrons. The van der Waals surface area contributed by atoms with Crippen molar-refractivity contribution >= 4 is 24.0 Å². The first-order valence-electron chi connectivity index (χ1n) is 6.89. The van der Waals surface area contributed by atoms with Crippen molar-refractivity contribution in [2.24, 2.45) is 0 Å². The number of halogens is 2. The highest BCUT2D eigenvalue weighted by molar-refractivity contribution is 7.79. The van der Waals surface area contributed by atoms with Gasteiger partial charge in [-0.2, -0.15) is 0 Å². The number of aromatic nitrogens is 1. The van der Waals surface area contributed by atoms with Crippen molar-refractivity contribution in [3.05, 3.63) is 84.1 Å². The Labute approximate surface area is 129 Å². The molecule has 0 aliphatic rings. The Bertz CT molecular complexity index is 759. The molecule has 0 saturated carbocycles. The van der Waals surface area contributed by atoms with Gasteiger partial charge in [-0.1, -0.05) is 42.5 Å². The van der Waals surface area contributed by atoms with Crippen molar-refractivity contribution in [3.8, 4) is 0 Å². The molecular formula is C18H14F2NP. The molecule has 3 aromatic rings. The third kappa shape index (κ3) is 2.90. The molecule has 0 atom stereocenters. The average Bonchev–Trinajstić information content (AvgIpc) is 2.51. The van der Waals surface area contributed by atoms with E-state index in [-0.39, 0.29) is 11.6 Å². The fourth-order valence-electron chi connectivity index (χ4n) is 2.30. The lowest BCUT2D eigenvalue weighted by Gasteiger charge is -2.19. The zero-order valence-electron chi connectivity index (χ0n) is 12.0. The molecule has 0 unspecified atom stereocenters. The Balaban J connectivity index is 2.24. The maximum absolute atomic E-state index is 14.3. The smallest absolute Gasteiger partial charge is 0.131 e. The van der Waals surface area contributed by atoms with E-state index in [4.69, 9.17) is 0 Å². The Hall–Kier alpha value is -2.12. The van der Waals surface area contributed by atoms with Crippen molar-refractivity contribution in [1.82, 2.24) is 4.98 Å². The van der Waals surface area contributed by atoms with Crippen molar-refractivity contribution in [2.75, 3.05) is 0 Å². The second-order valence-electron chi connectivity index (χ2n) is 4.88. The van der Waals surface area contributed by atoms with Crippen LogP contribution in [0.3, 0.4) is 0 Å². The van der Waals surface area contributed by atoms with Gasteiger partial charge in [0.15, 0.2) is 0 Å². The van der Waals surface area contributed by atoms with E-state index in [0.717, 1.165) is 5.69 Å². The maximum Gasteiger partial charge on any atom is 0.131 e. The van der Waals surface area contributed by atoms with Gasteiger partial charge in [0.2, 0.25) is 0 Å². The maximum atomic E-state index is 14.3. The van der Waals surface area contributed by atoms with Gasteiger partial charge in [-0.05, 0) is 31.2 Å². The second-order valence-corrected chi connectivity index (χ2v) is 6.97. The van der Waals surface area contributed by atoms with Crippen LogP contribution >= 0.6 is 7.92 Å². The van der Waals surface area contributed by atoms with Gasteiger partial charge in [0.05, 0.1) is 5.44 Å². The summed E-state index contributed by atoms with van der Waals surface area (Å²) in [6.07, 6.45) is 0. The molecule has 1 aromatic heterocycles. The molecule has 2 aromatic carbocycles. The lowest BCUT2D eigenvalue weighted by atomic mass is 10.3. The van der Waals surface area contributed by atoms with Crippen LogP contribution < -0.4 is 16.0 Å². The summed E-state index contributed by atoms with van der Waals surface area (Å²) >= 11 is 0. The van der Waals surface area contributed by atoms with Crippen LogP contribution in [0.15, 0.2) is 66.7 Å². The molecule has 0 fully saturated rings. The molecular weight excluding hydrogens is 299 g/mol. The number of hydrogen-bond donors (Lipinski definition) is 0. The molecule has 0 saturated heterocycles. The van der Waals surface area contributed by atoms with Gasteiger partial charge < -0.3 is 0 Å². The van der Waals surface area contributed by atoms with Gasteiger partial charge >= 0.3 is 0 Å². The molecule has 3 rings (SSSR count). The van der Waals surface area contributed by atoms with Crippen LogP contribution in [-0.2, 0) is 0 Å². The fourth-order valence-corrected chi connectivity index (χ4v) is 4.59. The number of pyridine rings is 1. The Morgan fingerprint density at radius 1 is 0.727 bits per heavy atom. The van der Waals surface area contributed by atoms with Gasteiger partial charge in [-0.25, -0.2) is 8.78 Å². The summed E-state index contributed by atoms with van der Waals surface area (Å²) in [7, 11) is -1.36. The van der Waals surface area contributed by atoms with E-state index in [9.17, 15) is 8.78 Å². The quantitative estimate of drug-likeness (QED) is 0.675. The number of aryl methyl sites for hydroxylation is 1. The van der Waals surface area contributed by atoms with Crippen LogP contribution in [0.4, 0.5) is 8.78 Å². The van der Waals surface area contributed by atoms with E-state index in [1.54, 1.807) is 36.4 Å². The summed E-state index contributed by atoms with van der Waals surface area (Å²) in [5.74, 6) is -0.666. The van der Waals surface area contributed by atoms with Gasteiger partial charge in [0, 0.05) is 24.2 Å². The van der Waals surface area contributed by atoms with E-state index in [1.807, 2.05) is 25.1 Å². The normalized spacial score (nSPS) is 10.9. The van der Waals surface area contributed by atoms with Crippen LogP contribution in [0.2, 0.25) is 0 Å². The lowest BCUT2D eigenvalue weighted by molar-refractivity contribution is 0.634. The summed E-state index contributed by atoms with van der Waals surface area (Å²) < 4.78 is 28.6. The van der Waals surface area contributed by atoms with E-state index < -0.39 is 7.92 Å². The molecule has 0 radical (unpaired) electrons. The predicted molar refractivity (Wildman–Crippen MR) is 87.6 cm³/mol. The summed E-state index contributed by atoms with van der Waals surface area (Å²) in [5.41, 5.74) is 1.53. The third-order valence-corrected chi connectivity index (χ3v) is 5.69. The molecule has 22 heavy (non-hydrogen) atoms. The van der Waals surface area contributed by atoms with Crippen LogP contribution in [0.25, 0.3) is 0 Å². The molecule has 1 nitrogen and oxygen atoms in total. The van der Waals surface area contributed by atoms with E-state index in [2.05, 4.69) is 4.98 Å². The van der Waals surface area contributed by atoms with Gasteiger partial charge in [0.1, 0.15) is 11.6 Å². The summed E-state index contributed by atoms with van der Waals surface area (Å²) in [5, 5.41) is 0.974. The number of nitrogens with zero attached hydrogens (tertiary/aromatic N) is 1. The standard InChI is InChI=1S/C18H14F2NP/c1-13-7-6-12-18(21-13)22(16-10-4-2-8-14(16)19)17-11-5-3-9-15(17)20/h2-12H,1H3. The number of rotatable bonds is 3. The van der Waals surface area contributed by atoms with Gasteiger partial charge in [-0.15, -0.1) is 0 Å². The zero-order chi connectivity index (χ0) is 15.5. The number of benzene rings is 2. The molecule has 4 heteroatoms. The molecule has 0 N–H and O–H groups in total. The molecule has 0 aliphatic heterocycles. The third-order valence-electron chi connectivity index (χ3n) is 3.29. The van der Waals surface area contributed by atoms with E-state index >= 15 is 0 Å². The molecule has 1 heterocycles. The van der Waals surface area contributed by atoms with Crippen molar-refractivity contribution in [3.63, 3.8) is 0 Å². The minimum Gasteiger partial charge on any atom is -0.253 e. The van der Waals surface area contributed by atoms with Crippen LogP contribution in [0.5, 0.6) is 0 Å². The topological polar surface area (TPSA) is 12.9 Å². The Morgan fingerprint density at radius 3 is 1.77 bits per heavy atom. The van der Waals surface area contributed by atoms with Gasteiger partial charge in [-0.3, -0.25) is 4.98 Å². The van der Waals surface area contributed by atoms with E-state index in [1.165, 1.54) is 12.1 Å². The summed E-state index contributed by atoms with van der Waals surface area (Å²) in [6.45, 7) is 1.87.